The largest absolute Gasteiger partial charge is 0.327 e. The van der Waals surface area contributed by atoms with Gasteiger partial charge >= 0.3 is 0 Å². The fourth-order valence-corrected chi connectivity index (χ4v) is 6.73. The van der Waals surface area contributed by atoms with E-state index in [0.29, 0.717) is 6.54 Å². The maximum absolute atomic E-state index is 6.28. The SMILES string of the molecule is NC/C=C(\C1=C(c2ccc(-c3ccccc3)cc2)CCC(C2=CC=C(c3ccccc3)CC2)=C1)c1cccc(C2=CC=NC2)c1. The van der Waals surface area contributed by atoms with Crippen LogP contribution < -0.4 is 5.73 Å². The van der Waals surface area contributed by atoms with Crippen molar-refractivity contribution in [2.45, 2.75) is 25.7 Å². The molecule has 0 amide bonds. The van der Waals surface area contributed by atoms with E-state index in [0.717, 1.165) is 32.2 Å². The van der Waals surface area contributed by atoms with Crippen LogP contribution in [-0.4, -0.2) is 19.3 Å². The lowest BCUT2D eigenvalue weighted by atomic mass is 9.78. The van der Waals surface area contributed by atoms with Crippen molar-refractivity contribution in [2.24, 2.45) is 10.7 Å². The Morgan fingerprint density at radius 1 is 0.578 bits per heavy atom. The minimum atomic E-state index is 0.476. The summed E-state index contributed by atoms with van der Waals surface area (Å²) in [5.41, 5.74) is 23.2. The molecule has 0 spiro atoms. The Morgan fingerprint density at radius 2 is 1.22 bits per heavy atom. The van der Waals surface area contributed by atoms with Gasteiger partial charge in [0.1, 0.15) is 0 Å². The second kappa shape index (κ2) is 13.3. The fourth-order valence-electron chi connectivity index (χ4n) is 6.73. The van der Waals surface area contributed by atoms with Gasteiger partial charge in [0.25, 0.3) is 0 Å². The third kappa shape index (κ3) is 6.29. The highest BCUT2D eigenvalue weighted by Crippen LogP contribution is 2.43. The predicted molar refractivity (Wildman–Crippen MR) is 193 cm³/mol. The van der Waals surface area contributed by atoms with Crippen LogP contribution in [0.2, 0.25) is 0 Å². The number of aliphatic imine (C=N–C) groups is 1. The molecule has 0 saturated carbocycles. The molecule has 0 aromatic heterocycles. The average molecular weight is 583 g/mol. The van der Waals surface area contributed by atoms with Gasteiger partial charge in [-0.3, -0.25) is 4.99 Å². The third-order valence-electron chi connectivity index (χ3n) is 9.13. The maximum atomic E-state index is 6.28. The molecule has 1 aliphatic heterocycles. The number of rotatable bonds is 8. The van der Waals surface area contributed by atoms with Crippen LogP contribution in [0.4, 0.5) is 0 Å². The van der Waals surface area contributed by atoms with Crippen molar-refractivity contribution >= 4 is 28.5 Å². The molecular weight excluding hydrogens is 544 g/mol. The molecule has 0 radical (unpaired) electrons. The third-order valence-corrected chi connectivity index (χ3v) is 9.13. The molecule has 2 heteroatoms. The van der Waals surface area contributed by atoms with Gasteiger partial charge in [-0.1, -0.05) is 127 Å². The minimum absolute atomic E-state index is 0.476. The number of allylic oxidation sites excluding steroid dienone is 10. The van der Waals surface area contributed by atoms with Crippen LogP contribution in [-0.2, 0) is 0 Å². The Hall–Kier alpha value is -5.05. The second-order valence-corrected chi connectivity index (χ2v) is 11.9. The number of hydrogen-bond acceptors (Lipinski definition) is 2. The number of hydrogen-bond donors (Lipinski definition) is 1. The molecule has 3 aliphatic rings. The molecule has 2 nitrogen and oxygen atoms in total. The second-order valence-electron chi connectivity index (χ2n) is 11.9. The van der Waals surface area contributed by atoms with E-state index in [2.05, 4.69) is 145 Å². The van der Waals surface area contributed by atoms with Crippen LogP contribution in [0.25, 0.3) is 33.4 Å². The van der Waals surface area contributed by atoms with Gasteiger partial charge in [0.05, 0.1) is 6.54 Å². The molecule has 0 saturated heterocycles. The standard InChI is InChI=1S/C43H38N2/c44-26-24-42(39-13-7-12-37(28-39)40-25-27-45-30-40)43-29-38(35-16-14-33(15-17-35)31-8-3-1-4-9-31)22-23-41(43)36-20-18-34(19-21-36)32-10-5-2-6-11-32/h1-14,16,18-21,24-25,27-29H,15,17,22-23,26,30,44H2/b42-24-. The Labute approximate surface area is 267 Å². The van der Waals surface area contributed by atoms with Gasteiger partial charge in [-0.2, -0.15) is 0 Å². The monoisotopic (exact) mass is 582 g/mol. The first-order valence-corrected chi connectivity index (χ1v) is 16.0. The van der Waals surface area contributed by atoms with Crippen molar-refractivity contribution in [3.8, 4) is 11.1 Å². The van der Waals surface area contributed by atoms with Crippen molar-refractivity contribution in [2.75, 3.05) is 13.1 Å². The highest BCUT2D eigenvalue weighted by molar-refractivity contribution is 5.95. The summed E-state index contributed by atoms with van der Waals surface area (Å²) >= 11 is 0. The predicted octanol–water partition coefficient (Wildman–Crippen LogP) is 10.1. The van der Waals surface area contributed by atoms with E-state index in [9.17, 15) is 0 Å². The fraction of sp³-hybridized carbons (Fsp3) is 0.140. The van der Waals surface area contributed by atoms with Gasteiger partial charge in [-0.25, -0.2) is 0 Å². The quantitative estimate of drug-likeness (QED) is 0.221. The van der Waals surface area contributed by atoms with Crippen LogP contribution >= 0.6 is 0 Å². The Kier molecular flexibility index (Phi) is 8.48. The summed E-state index contributed by atoms with van der Waals surface area (Å²) in [6.07, 6.45) is 17.5. The number of nitrogens with zero attached hydrogens (tertiary/aromatic N) is 1. The summed E-state index contributed by atoms with van der Waals surface area (Å²) in [5.74, 6) is 0. The molecule has 0 atom stereocenters. The smallest absolute Gasteiger partial charge is 0.0646 e. The van der Waals surface area contributed by atoms with Crippen molar-refractivity contribution in [3.63, 3.8) is 0 Å². The van der Waals surface area contributed by atoms with Crippen molar-refractivity contribution in [3.05, 3.63) is 179 Å². The van der Waals surface area contributed by atoms with E-state index in [1.54, 1.807) is 0 Å². The molecule has 4 aromatic carbocycles. The topological polar surface area (TPSA) is 38.4 Å². The van der Waals surface area contributed by atoms with Gasteiger partial charge in [0, 0.05) is 12.8 Å². The van der Waals surface area contributed by atoms with Gasteiger partial charge in [-0.05, 0) is 110 Å². The molecule has 4 aromatic rings. The lowest BCUT2D eigenvalue weighted by Gasteiger charge is -2.26. The van der Waals surface area contributed by atoms with Gasteiger partial charge in [0.15, 0.2) is 0 Å². The summed E-state index contributed by atoms with van der Waals surface area (Å²) < 4.78 is 0. The summed E-state index contributed by atoms with van der Waals surface area (Å²) in [5, 5.41) is 0. The molecule has 220 valence electrons. The first kappa shape index (κ1) is 28.7. The minimum Gasteiger partial charge on any atom is -0.327 e. The van der Waals surface area contributed by atoms with E-state index in [-0.39, 0.29) is 0 Å². The first-order chi connectivity index (χ1) is 22.3. The zero-order valence-electron chi connectivity index (χ0n) is 25.6. The molecule has 0 bridgehead atoms. The van der Waals surface area contributed by atoms with Crippen molar-refractivity contribution in [1.29, 1.82) is 0 Å². The summed E-state index contributed by atoms with van der Waals surface area (Å²) in [6.45, 7) is 1.21. The zero-order valence-corrected chi connectivity index (χ0v) is 25.6. The number of benzene rings is 4. The Morgan fingerprint density at radius 3 is 1.91 bits per heavy atom. The Balaban J connectivity index is 1.31. The molecule has 45 heavy (non-hydrogen) atoms. The van der Waals surface area contributed by atoms with Crippen LogP contribution in [0.5, 0.6) is 0 Å². The van der Waals surface area contributed by atoms with E-state index >= 15 is 0 Å². The normalized spacial score (nSPS) is 16.7. The van der Waals surface area contributed by atoms with Crippen LogP contribution in [0.3, 0.4) is 0 Å². The maximum Gasteiger partial charge on any atom is 0.0646 e. The highest BCUT2D eigenvalue weighted by atomic mass is 14.7. The summed E-state index contributed by atoms with van der Waals surface area (Å²) in [7, 11) is 0. The van der Waals surface area contributed by atoms with E-state index in [1.165, 1.54) is 72.4 Å². The van der Waals surface area contributed by atoms with E-state index in [4.69, 9.17) is 5.73 Å². The van der Waals surface area contributed by atoms with Crippen LogP contribution in [0, 0.1) is 0 Å². The molecule has 1 heterocycles. The van der Waals surface area contributed by atoms with Crippen LogP contribution in [0.15, 0.2) is 161 Å². The van der Waals surface area contributed by atoms with E-state index in [1.807, 2.05) is 6.21 Å². The summed E-state index contributed by atoms with van der Waals surface area (Å²) in [4.78, 5) is 4.43. The molecule has 0 unspecified atom stereocenters. The molecule has 7 rings (SSSR count). The van der Waals surface area contributed by atoms with Crippen molar-refractivity contribution in [1.82, 2.24) is 0 Å². The van der Waals surface area contributed by atoms with Crippen molar-refractivity contribution < 1.29 is 0 Å². The van der Waals surface area contributed by atoms with Gasteiger partial charge in [-0.15, -0.1) is 0 Å². The van der Waals surface area contributed by atoms with Crippen LogP contribution in [0.1, 0.15) is 47.9 Å². The van der Waals surface area contributed by atoms with E-state index < -0.39 is 0 Å². The zero-order chi connectivity index (χ0) is 30.4. The molecular formula is C43H38N2. The number of nitrogens with two attached hydrogens (primary N) is 1. The molecule has 0 fully saturated rings. The highest BCUT2D eigenvalue weighted by Gasteiger charge is 2.22. The van der Waals surface area contributed by atoms with Gasteiger partial charge < -0.3 is 5.73 Å². The van der Waals surface area contributed by atoms with Gasteiger partial charge in [0.2, 0.25) is 0 Å². The average Bonchev–Trinajstić information content (AvgIpc) is 3.67. The lowest BCUT2D eigenvalue weighted by Crippen LogP contribution is -2.07. The summed E-state index contributed by atoms with van der Waals surface area (Å²) in [6, 6.07) is 39.4. The molecule has 2 N–H and O–H groups in total. The molecule has 2 aliphatic carbocycles. The Bertz CT molecular complexity index is 1910. The lowest BCUT2D eigenvalue weighted by molar-refractivity contribution is 0.909. The first-order valence-electron chi connectivity index (χ1n) is 16.0.